The molecule has 2 fully saturated rings. The van der Waals surface area contributed by atoms with Crippen molar-refractivity contribution in [2.24, 2.45) is 0 Å². The summed E-state index contributed by atoms with van der Waals surface area (Å²) >= 11 is 0. The highest BCUT2D eigenvalue weighted by Gasteiger charge is 2.71. The zero-order valence-electron chi connectivity index (χ0n) is 15.6. The number of hydrogen-bond donors (Lipinski definition) is 2. The minimum absolute atomic E-state index is 0.0682. The summed E-state index contributed by atoms with van der Waals surface area (Å²) in [4.78, 5) is 25.8. The summed E-state index contributed by atoms with van der Waals surface area (Å²) in [5, 5.41) is 6.36. The van der Waals surface area contributed by atoms with E-state index in [0.717, 1.165) is 11.3 Å². The fraction of sp³-hybridized carbons (Fsp3) is 0.400. The van der Waals surface area contributed by atoms with Gasteiger partial charge in [0.1, 0.15) is 17.0 Å². The number of carbonyl (C=O) groups excluding carboxylic acids is 2. The zero-order chi connectivity index (χ0) is 19.3. The lowest BCUT2D eigenvalue weighted by molar-refractivity contribution is -0.141. The number of fused-ring (bicyclic) bond motifs is 1. The van der Waals surface area contributed by atoms with Crippen LogP contribution in [0.1, 0.15) is 12.0 Å². The maximum absolute atomic E-state index is 12.6. The highest BCUT2D eigenvalue weighted by atomic mass is 16.6. The molecule has 142 valence electrons. The van der Waals surface area contributed by atoms with Crippen LogP contribution in [0.3, 0.4) is 0 Å². The van der Waals surface area contributed by atoms with Gasteiger partial charge in [0, 0.05) is 19.9 Å². The number of urea groups is 1. The normalized spacial score (nSPS) is 30.7. The second kappa shape index (κ2) is 5.94. The van der Waals surface area contributed by atoms with Crippen molar-refractivity contribution < 1.29 is 19.1 Å². The van der Waals surface area contributed by atoms with E-state index in [9.17, 15) is 9.59 Å². The van der Waals surface area contributed by atoms with Crippen LogP contribution in [0.25, 0.3) is 0 Å². The number of ether oxygens (including phenoxy) is 2. The first-order valence-corrected chi connectivity index (χ1v) is 8.88. The number of amides is 2. The first kappa shape index (κ1) is 17.8. The van der Waals surface area contributed by atoms with Gasteiger partial charge in [-0.1, -0.05) is 12.1 Å². The molecule has 0 unspecified atom stereocenters. The standard InChI is InChI=1S/C20H23N3O4/c1-21-19-13-18(10-8-15(24)9-11-18)27-20(19,23(2)17(25)22-19)12-14-4-6-16(26-3)7-5-14/h4-11,21H,12-13H2,1-3H3,(H,22,25)/t19-,20+/m1/s1. The van der Waals surface area contributed by atoms with Gasteiger partial charge in [0.05, 0.1) is 7.11 Å². The van der Waals surface area contributed by atoms with Crippen molar-refractivity contribution in [3.8, 4) is 5.75 Å². The maximum atomic E-state index is 12.6. The summed E-state index contributed by atoms with van der Waals surface area (Å²) in [5.74, 6) is 0.701. The van der Waals surface area contributed by atoms with Gasteiger partial charge in [0.2, 0.25) is 0 Å². The molecule has 0 radical (unpaired) electrons. The summed E-state index contributed by atoms with van der Waals surface area (Å²) in [6.07, 6.45) is 7.55. The Balaban J connectivity index is 1.77. The Hall–Kier alpha value is -2.64. The first-order chi connectivity index (χ1) is 12.9. The predicted molar refractivity (Wildman–Crippen MR) is 99.2 cm³/mol. The van der Waals surface area contributed by atoms with E-state index in [0.29, 0.717) is 12.8 Å². The molecular formula is C20H23N3O4. The third-order valence-corrected chi connectivity index (χ3v) is 5.82. The van der Waals surface area contributed by atoms with Crippen molar-refractivity contribution in [3.63, 3.8) is 0 Å². The molecule has 2 atom stereocenters. The number of carbonyl (C=O) groups is 2. The van der Waals surface area contributed by atoms with Crippen molar-refractivity contribution in [1.29, 1.82) is 0 Å². The van der Waals surface area contributed by atoms with E-state index in [4.69, 9.17) is 9.47 Å². The van der Waals surface area contributed by atoms with E-state index < -0.39 is 17.0 Å². The number of benzene rings is 1. The molecule has 3 aliphatic rings. The lowest BCUT2D eigenvalue weighted by atomic mass is 9.84. The van der Waals surface area contributed by atoms with Crippen LogP contribution in [0.5, 0.6) is 5.75 Å². The molecule has 7 nitrogen and oxygen atoms in total. The molecule has 2 N–H and O–H groups in total. The molecule has 2 heterocycles. The van der Waals surface area contributed by atoms with E-state index in [1.807, 2.05) is 31.3 Å². The monoisotopic (exact) mass is 369 g/mol. The van der Waals surface area contributed by atoms with Crippen LogP contribution in [-0.4, -0.2) is 54.9 Å². The second-order valence-electron chi connectivity index (χ2n) is 7.26. The Morgan fingerprint density at radius 1 is 1.22 bits per heavy atom. The maximum Gasteiger partial charge on any atom is 0.321 e. The highest BCUT2D eigenvalue weighted by Crippen LogP contribution is 2.52. The number of hydrogen-bond acceptors (Lipinski definition) is 5. The smallest absolute Gasteiger partial charge is 0.321 e. The molecule has 1 aromatic rings. The van der Waals surface area contributed by atoms with E-state index in [2.05, 4.69) is 10.6 Å². The third kappa shape index (κ3) is 2.49. The lowest BCUT2D eigenvalue weighted by Crippen LogP contribution is -2.65. The Bertz CT molecular complexity index is 831. The summed E-state index contributed by atoms with van der Waals surface area (Å²) in [6.45, 7) is 0. The van der Waals surface area contributed by atoms with E-state index in [1.54, 1.807) is 31.2 Å². The van der Waals surface area contributed by atoms with Crippen LogP contribution in [0.15, 0.2) is 48.6 Å². The quantitative estimate of drug-likeness (QED) is 0.838. The van der Waals surface area contributed by atoms with Gasteiger partial charge in [-0.05, 0) is 49.0 Å². The Labute approximate surface area is 158 Å². The van der Waals surface area contributed by atoms with Gasteiger partial charge in [-0.25, -0.2) is 4.79 Å². The summed E-state index contributed by atoms with van der Waals surface area (Å²) < 4.78 is 11.8. The van der Waals surface area contributed by atoms with Crippen molar-refractivity contribution in [1.82, 2.24) is 15.5 Å². The molecule has 1 aliphatic carbocycles. The number of nitrogens with one attached hydrogen (secondary N) is 2. The van der Waals surface area contributed by atoms with Crippen molar-refractivity contribution in [2.75, 3.05) is 21.2 Å². The molecule has 0 aromatic heterocycles. The van der Waals surface area contributed by atoms with Crippen LogP contribution in [-0.2, 0) is 16.0 Å². The van der Waals surface area contributed by atoms with Gasteiger partial charge < -0.3 is 14.8 Å². The molecule has 27 heavy (non-hydrogen) atoms. The molecule has 2 amide bonds. The molecule has 1 aromatic carbocycles. The van der Waals surface area contributed by atoms with Gasteiger partial charge in [0.25, 0.3) is 0 Å². The SMILES string of the molecule is CN[C@@]12CC3(C=CC(=O)C=C3)O[C@]1(Cc1ccc(OC)cc1)N(C)C(=O)N2. The number of likely N-dealkylation sites (N-methyl/N-ethyl adjacent to an activating group) is 2. The van der Waals surface area contributed by atoms with Gasteiger partial charge >= 0.3 is 6.03 Å². The molecule has 2 saturated heterocycles. The third-order valence-electron chi connectivity index (χ3n) is 5.82. The van der Waals surface area contributed by atoms with E-state index >= 15 is 0 Å². The number of rotatable bonds is 4. The number of ketones is 1. The zero-order valence-corrected chi connectivity index (χ0v) is 15.6. The van der Waals surface area contributed by atoms with Crippen molar-refractivity contribution in [2.45, 2.75) is 29.8 Å². The van der Waals surface area contributed by atoms with Crippen molar-refractivity contribution >= 4 is 11.8 Å². The van der Waals surface area contributed by atoms with E-state index in [1.165, 1.54) is 12.2 Å². The Morgan fingerprint density at radius 3 is 2.48 bits per heavy atom. The molecule has 1 spiro atoms. The van der Waals surface area contributed by atoms with Gasteiger partial charge in [-0.2, -0.15) is 0 Å². The first-order valence-electron chi connectivity index (χ1n) is 8.88. The fourth-order valence-corrected chi connectivity index (χ4v) is 4.33. The van der Waals surface area contributed by atoms with Gasteiger partial charge in [-0.15, -0.1) is 0 Å². The van der Waals surface area contributed by atoms with Gasteiger partial charge in [-0.3, -0.25) is 15.0 Å². The number of methoxy groups -OCH3 is 1. The van der Waals surface area contributed by atoms with Crippen LogP contribution < -0.4 is 15.4 Å². The fourth-order valence-electron chi connectivity index (χ4n) is 4.33. The van der Waals surface area contributed by atoms with Crippen LogP contribution in [0.2, 0.25) is 0 Å². The van der Waals surface area contributed by atoms with Crippen LogP contribution in [0.4, 0.5) is 4.79 Å². The molecular weight excluding hydrogens is 346 g/mol. The largest absolute Gasteiger partial charge is 0.497 e. The minimum atomic E-state index is -0.956. The van der Waals surface area contributed by atoms with Crippen molar-refractivity contribution in [3.05, 3.63) is 54.1 Å². The average molecular weight is 369 g/mol. The lowest BCUT2D eigenvalue weighted by Gasteiger charge is -2.41. The summed E-state index contributed by atoms with van der Waals surface area (Å²) in [5.41, 5.74) is -1.50. The topological polar surface area (TPSA) is 79.9 Å². The number of nitrogens with zero attached hydrogens (tertiary/aromatic N) is 1. The highest BCUT2D eigenvalue weighted by molar-refractivity contribution is 6.00. The average Bonchev–Trinajstić information content (AvgIpc) is 3.04. The predicted octanol–water partition coefficient (Wildman–Crippen LogP) is 1.36. The number of allylic oxidation sites excluding steroid dienone is 2. The van der Waals surface area contributed by atoms with E-state index in [-0.39, 0.29) is 11.8 Å². The van der Waals surface area contributed by atoms with Crippen LogP contribution in [0, 0.1) is 0 Å². The van der Waals surface area contributed by atoms with Gasteiger partial charge in [0.15, 0.2) is 11.5 Å². The molecule has 0 saturated carbocycles. The Morgan fingerprint density at radius 2 is 1.89 bits per heavy atom. The molecule has 0 bridgehead atoms. The molecule has 7 heteroatoms. The Kier molecular flexibility index (Phi) is 3.90. The summed E-state index contributed by atoms with van der Waals surface area (Å²) in [7, 11) is 5.17. The second-order valence-corrected chi connectivity index (χ2v) is 7.26. The molecule has 2 aliphatic heterocycles. The summed E-state index contributed by atoms with van der Waals surface area (Å²) in [6, 6.07) is 7.51. The molecule has 4 rings (SSSR count). The van der Waals surface area contributed by atoms with Crippen LogP contribution >= 0.6 is 0 Å². The minimum Gasteiger partial charge on any atom is -0.497 e.